The van der Waals surface area contributed by atoms with Gasteiger partial charge in [-0.05, 0) is 57.8 Å². The van der Waals surface area contributed by atoms with E-state index >= 15 is 0 Å². The normalized spacial score (nSPS) is 12.7. The highest BCUT2D eigenvalue weighted by molar-refractivity contribution is 5.76. The molecule has 0 fully saturated rings. The Bertz CT molecular complexity index is 1080. The van der Waals surface area contributed by atoms with E-state index in [0.29, 0.717) is 19.4 Å². The largest absolute Gasteiger partial charge is 0.466 e. The van der Waals surface area contributed by atoms with E-state index in [4.69, 9.17) is 4.74 Å². The molecule has 0 bridgehead atoms. The van der Waals surface area contributed by atoms with Crippen LogP contribution in [0.5, 0.6) is 0 Å². The summed E-state index contributed by atoms with van der Waals surface area (Å²) in [7, 11) is 0. The first-order valence-electron chi connectivity index (χ1n) is 31.1. The molecule has 2 unspecified atom stereocenters. The van der Waals surface area contributed by atoms with Crippen molar-refractivity contribution < 1.29 is 24.5 Å². The van der Waals surface area contributed by atoms with Gasteiger partial charge in [-0.25, -0.2) is 0 Å². The Balaban J connectivity index is 3.41. The molecular weight excluding hydrogens is 851 g/mol. The second-order valence-corrected chi connectivity index (χ2v) is 21.4. The minimum Gasteiger partial charge on any atom is -0.466 e. The zero-order chi connectivity index (χ0) is 50.0. The number of aliphatic hydroxyl groups excluding tert-OH is 2. The minimum absolute atomic E-state index is 0.0122. The van der Waals surface area contributed by atoms with Crippen molar-refractivity contribution >= 4 is 11.9 Å². The Kier molecular flexibility index (Phi) is 57.5. The van der Waals surface area contributed by atoms with Crippen LogP contribution in [0.1, 0.15) is 341 Å². The minimum atomic E-state index is -0.848. The Morgan fingerprint density at radius 2 is 0.681 bits per heavy atom. The third-order valence-corrected chi connectivity index (χ3v) is 14.5. The number of allylic oxidation sites excluding steroid dienone is 3. The monoisotopic (exact) mass is 972 g/mol. The number of hydrogen-bond donors (Lipinski definition) is 3. The molecule has 0 aliphatic rings. The van der Waals surface area contributed by atoms with Crippen molar-refractivity contribution in [2.75, 3.05) is 13.2 Å². The topological polar surface area (TPSA) is 95.9 Å². The van der Waals surface area contributed by atoms with Crippen molar-refractivity contribution in [3.63, 3.8) is 0 Å². The molecule has 0 saturated heterocycles. The van der Waals surface area contributed by atoms with Crippen LogP contribution in [0.25, 0.3) is 0 Å². The van der Waals surface area contributed by atoms with E-state index in [0.717, 1.165) is 44.9 Å². The van der Waals surface area contributed by atoms with Gasteiger partial charge >= 0.3 is 5.97 Å². The van der Waals surface area contributed by atoms with E-state index in [1.165, 1.54) is 270 Å². The molecule has 0 spiro atoms. The molecule has 0 radical (unpaired) electrons. The maximum atomic E-state index is 12.4. The average molecular weight is 973 g/mol. The fourth-order valence-corrected chi connectivity index (χ4v) is 9.69. The van der Waals surface area contributed by atoms with Crippen LogP contribution in [-0.4, -0.2) is 47.4 Å². The van der Waals surface area contributed by atoms with Crippen molar-refractivity contribution in [3.8, 4) is 0 Å². The van der Waals surface area contributed by atoms with E-state index in [2.05, 4.69) is 31.3 Å². The third kappa shape index (κ3) is 55.5. The van der Waals surface area contributed by atoms with Gasteiger partial charge in [0.2, 0.25) is 5.91 Å². The van der Waals surface area contributed by atoms with E-state index in [1.54, 1.807) is 6.08 Å². The molecule has 1 amide bonds. The number of unbranched alkanes of at least 4 members (excludes halogenated alkanes) is 45. The molecule has 0 rings (SSSR count). The summed E-state index contributed by atoms with van der Waals surface area (Å²) in [6.07, 6.45) is 72.2. The van der Waals surface area contributed by atoms with Gasteiger partial charge in [-0.1, -0.05) is 295 Å². The average Bonchev–Trinajstić information content (AvgIpc) is 3.35. The van der Waals surface area contributed by atoms with E-state index in [-0.39, 0.29) is 18.5 Å². The third-order valence-electron chi connectivity index (χ3n) is 14.5. The van der Waals surface area contributed by atoms with Crippen molar-refractivity contribution in [2.45, 2.75) is 353 Å². The molecule has 0 aliphatic carbocycles. The molecule has 0 aromatic heterocycles. The number of carbonyl (C=O) groups excluding carboxylic acids is 2. The van der Waals surface area contributed by atoms with Crippen LogP contribution in [-0.2, 0) is 14.3 Å². The van der Waals surface area contributed by atoms with Gasteiger partial charge in [0, 0.05) is 12.8 Å². The SMILES string of the molecule is CCCCCCCCCCCCC/C=C/C(O)C(CO)NC(=O)CCCCCCCCC/C=C\CCCCCCCCCCCCOC(=O)CCCCCCCCCCCCCCCCCCCC. The van der Waals surface area contributed by atoms with E-state index in [9.17, 15) is 19.8 Å². The van der Waals surface area contributed by atoms with Gasteiger partial charge in [0.1, 0.15) is 0 Å². The summed E-state index contributed by atoms with van der Waals surface area (Å²) in [5, 5.41) is 23.1. The predicted molar refractivity (Wildman–Crippen MR) is 301 cm³/mol. The smallest absolute Gasteiger partial charge is 0.305 e. The van der Waals surface area contributed by atoms with Gasteiger partial charge in [0.15, 0.2) is 0 Å². The number of aliphatic hydroxyl groups is 2. The molecule has 0 aromatic rings. The molecule has 0 saturated carbocycles. The summed E-state index contributed by atoms with van der Waals surface area (Å²) in [5.74, 6) is -0.0628. The Labute approximate surface area is 431 Å². The summed E-state index contributed by atoms with van der Waals surface area (Å²) < 4.78 is 5.50. The van der Waals surface area contributed by atoms with Crippen LogP contribution >= 0.6 is 0 Å². The molecule has 3 N–H and O–H groups in total. The fraction of sp³-hybridized carbons (Fsp3) is 0.905. The maximum Gasteiger partial charge on any atom is 0.305 e. The highest BCUT2D eigenvalue weighted by atomic mass is 16.5. The van der Waals surface area contributed by atoms with Crippen molar-refractivity contribution in [2.24, 2.45) is 0 Å². The Morgan fingerprint density at radius 1 is 0.391 bits per heavy atom. The molecule has 6 heteroatoms. The standard InChI is InChI=1S/C63H121NO5/c1-3-5-7-9-11-13-15-17-18-19-26-29-33-37-41-45-49-53-57-63(68)69-58-54-50-46-42-38-34-30-27-24-22-20-21-23-25-28-32-36-40-44-48-52-56-62(67)64-60(59-65)61(66)55-51-47-43-39-35-31-16-14-12-10-8-6-4-2/h21,23,51,55,60-61,65-66H,3-20,22,24-50,52-54,56-59H2,1-2H3,(H,64,67)/b23-21-,55-51+. The van der Waals surface area contributed by atoms with Gasteiger partial charge < -0.3 is 20.3 Å². The number of carbonyl (C=O) groups is 2. The summed E-state index contributed by atoms with van der Waals surface area (Å²) in [6, 6.07) is -0.632. The van der Waals surface area contributed by atoms with Crippen molar-refractivity contribution in [3.05, 3.63) is 24.3 Å². The summed E-state index contributed by atoms with van der Waals surface area (Å²) >= 11 is 0. The van der Waals surface area contributed by atoms with Crippen LogP contribution in [0.2, 0.25) is 0 Å². The van der Waals surface area contributed by atoms with Gasteiger partial charge in [-0.15, -0.1) is 0 Å². The maximum absolute atomic E-state index is 12.4. The number of esters is 1. The lowest BCUT2D eigenvalue weighted by Gasteiger charge is -2.20. The molecule has 408 valence electrons. The van der Waals surface area contributed by atoms with Gasteiger partial charge in [0.25, 0.3) is 0 Å². The van der Waals surface area contributed by atoms with Crippen molar-refractivity contribution in [1.29, 1.82) is 0 Å². The molecule has 0 aromatic carbocycles. The summed E-state index contributed by atoms with van der Waals surface area (Å²) in [6.45, 7) is 4.91. The summed E-state index contributed by atoms with van der Waals surface area (Å²) in [4.78, 5) is 24.5. The Hall–Kier alpha value is -1.66. The molecule has 0 aliphatic heterocycles. The lowest BCUT2D eigenvalue weighted by Crippen LogP contribution is -2.45. The van der Waals surface area contributed by atoms with E-state index < -0.39 is 12.1 Å². The Morgan fingerprint density at radius 3 is 1.03 bits per heavy atom. The number of rotatable bonds is 58. The quantitative estimate of drug-likeness (QED) is 0.0321. The van der Waals surface area contributed by atoms with Crippen LogP contribution < -0.4 is 5.32 Å². The second-order valence-electron chi connectivity index (χ2n) is 21.4. The highest BCUT2D eigenvalue weighted by Gasteiger charge is 2.18. The second kappa shape index (κ2) is 58.9. The van der Waals surface area contributed by atoms with Gasteiger partial charge in [0.05, 0.1) is 25.4 Å². The highest BCUT2D eigenvalue weighted by Crippen LogP contribution is 2.17. The van der Waals surface area contributed by atoms with Gasteiger partial charge in [-0.3, -0.25) is 9.59 Å². The molecular formula is C63H121NO5. The number of nitrogens with one attached hydrogen (secondary N) is 1. The van der Waals surface area contributed by atoms with Crippen LogP contribution in [0.4, 0.5) is 0 Å². The van der Waals surface area contributed by atoms with Crippen molar-refractivity contribution in [1.82, 2.24) is 5.32 Å². The summed E-state index contributed by atoms with van der Waals surface area (Å²) in [5.41, 5.74) is 0. The van der Waals surface area contributed by atoms with E-state index in [1.807, 2.05) is 6.08 Å². The fourth-order valence-electron chi connectivity index (χ4n) is 9.69. The zero-order valence-electron chi connectivity index (χ0n) is 46.6. The van der Waals surface area contributed by atoms with Crippen LogP contribution in [0.3, 0.4) is 0 Å². The predicted octanol–water partition coefficient (Wildman–Crippen LogP) is 19.4. The van der Waals surface area contributed by atoms with Gasteiger partial charge in [-0.2, -0.15) is 0 Å². The zero-order valence-corrected chi connectivity index (χ0v) is 46.6. The molecule has 2 atom stereocenters. The number of amides is 1. The molecule has 0 heterocycles. The van der Waals surface area contributed by atoms with Crippen LogP contribution in [0, 0.1) is 0 Å². The number of ether oxygens (including phenoxy) is 1. The first kappa shape index (κ1) is 67.3. The first-order valence-corrected chi connectivity index (χ1v) is 31.1. The molecule has 6 nitrogen and oxygen atoms in total. The van der Waals surface area contributed by atoms with Crippen LogP contribution in [0.15, 0.2) is 24.3 Å². The molecule has 69 heavy (non-hydrogen) atoms. The lowest BCUT2D eigenvalue weighted by molar-refractivity contribution is -0.143. The number of hydrogen-bond acceptors (Lipinski definition) is 5. The lowest BCUT2D eigenvalue weighted by atomic mass is 10.0. The first-order chi connectivity index (χ1) is 34.0.